The molecule has 0 aliphatic rings. The number of rotatable bonds is 8. The quantitative estimate of drug-likeness (QED) is 0.605. The van der Waals surface area contributed by atoms with Gasteiger partial charge in [0.1, 0.15) is 9.84 Å². The first-order valence-electron chi connectivity index (χ1n) is 5.45. The lowest BCUT2D eigenvalue weighted by Gasteiger charge is -2.27. The first kappa shape index (κ1) is 14.9. The normalized spacial score (nSPS) is 16.3. The van der Waals surface area contributed by atoms with Crippen molar-refractivity contribution < 1.29 is 13.5 Å². The van der Waals surface area contributed by atoms with Crippen molar-refractivity contribution in [3.8, 4) is 0 Å². The minimum atomic E-state index is -2.85. The highest BCUT2D eigenvalue weighted by Gasteiger charge is 2.19. The minimum absolute atomic E-state index is 0.0734. The fraction of sp³-hybridized carbons (Fsp3) is 1.00. The molecule has 0 saturated carbocycles. The summed E-state index contributed by atoms with van der Waals surface area (Å²) in [5.41, 5.74) is -0.282. The number of aliphatic hydroxyl groups is 1. The summed E-state index contributed by atoms with van der Waals surface area (Å²) in [7, 11) is -2.85. The van der Waals surface area contributed by atoms with E-state index in [0.29, 0.717) is 13.0 Å². The van der Waals surface area contributed by atoms with Gasteiger partial charge in [-0.2, -0.15) is 0 Å². The van der Waals surface area contributed by atoms with Crippen molar-refractivity contribution in [2.75, 3.05) is 24.7 Å². The van der Waals surface area contributed by atoms with Gasteiger partial charge in [-0.15, -0.1) is 0 Å². The predicted molar refractivity (Wildman–Crippen MR) is 62.7 cm³/mol. The van der Waals surface area contributed by atoms with Crippen LogP contribution < -0.4 is 5.32 Å². The Morgan fingerprint density at radius 1 is 1.33 bits per heavy atom. The van der Waals surface area contributed by atoms with Crippen molar-refractivity contribution in [3.05, 3.63) is 0 Å². The van der Waals surface area contributed by atoms with Gasteiger partial charge >= 0.3 is 0 Å². The van der Waals surface area contributed by atoms with Crippen LogP contribution in [0.3, 0.4) is 0 Å². The molecule has 0 aliphatic heterocycles. The van der Waals surface area contributed by atoms with Crippen LogP contribution in [-0.4, -0.2) is 43.7 Å². The molecule has 15 heavy (non-hydrogen) atoms. The third-order valence-electron chi connectivity index (χ3n) is 2.75. The molecule has 0 fully saturated rings. The number of aliphatic hydroxyl groups excluding tert-OH is 1. The van der Waals surface area contributed by atoms with Crippen molar-refractivity contribution in [1.82, 2.24) is 5.32 Å². The highest BCUT2D eigenvalue weighted by Crippen LogP contribution is 2.07. The SMILES string of the molecule is CCC(C)(CO)NCCCS(=O)(=O)CC. The van der Waals surface area contributed by atoms with E-state index in [4.69, 9.17) is 5.11 Å². The molecule has 0 aromatic heterocycles. The Bertz CT molecular complexity index is 258. The van der Waals surface area contributed by atoms with Crippen LogP contribution in [0.25, 0.3) is 0 Å². The van der Waals surface area contributed by atoms with Crippen molar-refractivity contribution in [1.29, 1.82) is 0 Å². The summed E-state index contributed by atoms with van der Waals surface area (Å²) in [5, 5.41) is 12.3. The summed E-state index contributed by atoms with van der Waals surface area (Å²) in [6, 6.07) is 0. The fourth-order valence-corrected chi connectivity index (χ4v) is 1.99. The van der Waals surface area contributed by atoms with E-state index in [1.165, 1.54) is 0 Å². The maximum absolute atomic E-state index is 11.2. The molecule has 0 saturated heterocycles. The van der Waals surface area contributed by atoms with E-state index in [2.05, 4.69) is 5.32 Å². The molecule has 0 aliphatic carbocycles. The second-order valence-corrected chi connectivity index (χ2v) is 6.56. The van der Waals surface area contributed by atoms with Crippen LogP contribution >= 0.6 is 0 Å². The van der Waals surface area contributed by atoms with Gasteiger partial charge in [-0.05, 0) is 26.3 Å². The van der Waals surface area contributed by atoms with Crippen molar-refractivity contribution >= 4 is 9.84 Å². The number of nitrogens with one attached hydrogen (secondary N) is 1. The number of hydrogen-bond acceptors (Lipinski definition) is 4. The van der Waals surface area contributed by atoms with Crippen LogP contribution in [0.5, 0.6) is 0 Å². The van der Waals surface area contributed by atoms with E-state index in [9.17, 15) is 8.42 Å². The van der Waals surface area contributed by atoms with Crippen LogP contribution in [-0.2, 0) is 9.84 Å². The Morgan fingerprint density at radius 2 is 1.93 bits per heavy atom. The molecule has 4 nitrogen and oxygen atoms in total. The molecule has 0 amide bonds. The summed E-state index contributed by atoms with van der Waals surface area (Å²) in [5.74, 6) is 0.430. The molecule has 0 heterocycles. The zero-order valence-corrected chi connectivity index (χ0v) is 10.7. The largest absolute Gasteiger partial charge is 0.394 e. The topological polar surface area (TPSA) is 66.4 Å². The van der Waals surface area contributed by atoms with Gasteiger partial charge in [-0.1, -0.05) is 13.8 Å². The number of hydrogen-bond donors (Lipinski definition) is 2. The molecule has 2 N–H and O–H groups in total. The Morgan fingerprint density at radius 3 is 2.33 bits per heavy atom. The van der Waals surface area contributed by atoms with E-state index >= 15 is 0 Å². The zero-order chi connectivity index (χ0) is 11.9. The molecule has 1 unspecified atom stereocenters. The van der Waals surface area contributed by atoms with Crippen molar-refractivity contribution in [2.45, 2.75) is 39.2 Å². The third kappa shape index (κ3) is 6.12. The maximum atomic E-state index is 11.2. The van der Waals surface area contributed by atoms with E-state index in [-0.39, 0.29) is 23.7 Å². The average molecular weight is 237 g/mol. The molecule has 5 heteroatoms. The van der Waals surface area contributed by atoms with Gasteiger partial charge in [0.05, 0.1) is 12.4 Å². The van der Waals surface area contributed by atoms with Gasteiger partial charge in [0.15, 0.2) is 0 Å². The highest BCUT2D eigenvalue weighted by atomic mass is 32.2. The van der Waals surface area contributed by atoms with Gasteiger partial charge in [0.25, 0.3) is 0 Å². The summed E-state index contributed by atoms with van der Waals surface area (Å²) >= 11 is 0. The molecule has 0 spiro atoms. The first-order chi connectivity index (χ1) is 6.89. The van der Waals surface area contributed by atoms with E-state index in [1.54, 1.807) is 6.92 Å². The van der Waals surface area contributed by atoms with Crippen LogP contribution in [0.4, 0.5) is 0 Å². The van der Waals surface area contributed by atoms with Crippen molar-refractivity contribution in [2.24, 2.45) is 0 Å². The second kappa shape index (κ2) is 6.45. The molecule has 0 aromatic rings. The van der Waals surface area contributed by atoms with Crippen LogP contribution in [0.1, 0.15) is 33.6 Å². The molecule has 0 rings (SSSR count). The van der Waals surface area contributed by atoms with Crippen LogP contribution in [0.15, 0.2) is 0 Å². The fourth-order valence-electron chi connectivity index (χ4n) is 1.12. The molecule has 0 radical (unpaired) electrons. The van der Waals surface area contributed by atoms with Crippen molar-refractivity contribution in [3.63, 3.8) is 0 Å². The highest BCUT2D eigenvalue weighted by molar-refractivity contribution is 7.91. The molecule has 0 aromatic carbocycles. The predicted octanol–water partition coefficient (Wildman–Crippen LogP) is 0.562. The van der Waals surface area contributed by atoms with Gasteiger partial charge in [-0.25, -0.2) is 8.42 Å². The Hall–Kier alpha value is -0.130. The lowest BCUT2D eigenvalue weighted by atomic mass is 10.0. The third-order valence-corrected chi connectivity index (χ3v) is 4.54. The summed E-state index contributed by atoms with van der Waals surface area (Å²) in [6.07, 6.45) is 1.43. The van der Waals surface area contributed by atoms with Gasteiger partial charge < -0.3 is 10.4 Å². The van der Waals surface area contributed by atoms with E-state index in [0.717, 1.165) is 6.42 Å². The van der Waals surface area contributed by atoms with Gasteiger partial charge in [0.2, 0.25) is 0 Å². The Labute approximate surface area is 93.0 Å². The Balaban J connectivity index is 3.81. The van der Waals surface area contributed by atoms with E-state index in [1.807, 2.05) is 13.8 Å². The molecular weight excluding hydrogens is 214 g/mol. The maximum Gasteiger partial charge on any atom is 0.150 e. The minimum Gasteiger partial charge on any atom is -0.394 e. The van der Waals surface area contributed by atoms with Crippen LogP contribution in [0, 0.1) is 0 Å². The summed E-state index contributed by atoms with van der Waals surface area (Å²) in [4.78, 5) is 0. The molecule has 92 valence electrons. The molecule has 0 bridgehead atoms. The second-order valence-electron chi connectivity index (χ2n) is 4.09. The first-order valence-corrected chi connectivity index (χ1v) is 7.27. The summed E-state index contributed by atoms with van der Waals surface area (Å²) in [6.45, 7) is 6.29. The Kier molecular flexibility index (Phi) is 6.40. The smallest absolute Gasteiger partial charge is 0.150 e. The zero-order valence-electron chi connectivity index (χ0n) is 9.91. The average Bonchev–Trinajstić information content (AvgIpc) is 2.24. The molecule has 1 atom stereocenters. The number of sulfone groups is 1. The monoisotopic (exact) mass is 237 g/mol. The lowest BCUT2D eigenvalue weighted by molar-refractivity contribution is 0.171. The molecular formula is C10H23NO3S. The lowest BCUT2D eigenvalue weighted by Crippen LogP contribution is -2.45. The standard InChI is InChI=1S/C10H23NO3S/c1-4-10(3,9-12)11-7-6-8-15(13,14)5-2/h11-12H,4-9H2,1-3H3. The van der Waals surface area contributed by atoms with Crippen LogP contribution in [0.2, 0.25) is 0 Å². The van der Waals surface area contributed by atoms with Gasteiger partial charge in [0, 0.05) is 11.3 Å². The summed E-state index contributed by atoms with van der Waals surface area (Å²) < 4.78 is 22.4. The van der Waals surface area contributed by atoms with Gasteiger partial charge in [-0.3, -0.25) is 0 Å². The van der Waals surface area contributed by atoms with E-state index < -0.39 is 9.84 Å².